The number of rotatable bonds is 6. The molecule has 0 atom stereocenters. The summed E-state index contributed by atoms with van der Waals surface area (Å²) in [5.74, 6) is 1.43. The zero-order chi connectivity index (χ0) is 22.8. The fourth-order valence-corrected chi connectivity index (χ4v) is 3.47. The zero-order valence-electron chi connectivity index (χ0n) is 17.9. The van der Waals surface area contributed by atoms with Gasteiger partial charge in [-0.3, -0.25) is 9.88 Å². The average Bonchev–Trinajstić information content (AvgIpc) is 3.46. The van der Waals surface area contributed by atoms with Crippen LogP contribution in [0, 0.1) is 6.92 Å². The second kappa shape index (κ2) is 8.63. The molecular weight excluding hydrogens is 424 g/mol. The van der Waals surface area contributed by atoms with Gasteiger partial charge in [-0.1, -0.05) is 6.07 Å². The summed E-state index contributed by atoms with van der Waals surface area (Å²) >= 11 is 0. The number of amides is 1. The smallest absolute Gasteiger partial charge is 0.412 e. The quantitative estimate of drug-likeness (QED) is 0.381. The Morgan fingerprint density at radius 3 is 2.88 bits per heavy atom. The van der Waals surface area contributed by atoms with Crippen LogP contribution in [0.1, 0.15) is 5.69 Å². The summed E-state index contributed by atoms with van der Waals surface area (Å²) in [4.78, 5) is 37.8. The number of aryl methyl sites for hydroxylation is 1. The van der Waals surface area contributed by atoms with Crippen molar-refractivity contribution in [1.82, 2.24) is 34.5 Å². The van der Waals surface area contributed by atoms with Crippen LogP contribution in [0.4, 0.5) is 10.6 Å². The Balaban J connectivity index is 1.58. The van der Waals surface area contributed by atoms with Crippen LogP contribution in [0.15, 0.2) is 49.1 Å². The van der Waals surface area contributed by atoms with Crippen molar-refractivity contribution in [3.05, 3.63) is 54.7 Å². The lowest BCUT2D eigenvalue weighted by Crippen LogP contribution is -2.17. The van der Waals surface area contributed by atoms with Crippen molar-refractivity contribution in [3.63, 3.8) is 0 Å². The van der Waals surface area contributed by atoms with E-state index in [1.54, 1.807) is 12.5 Å². The molecular formula is C22H20N8O3. The maximum Gasteiger partial charge on any atom is 0.412 e. The van der Waals surface area contributed by atoms with E-state index in [2.05, 4.69) is 30.2 Å². The summed E-state index contributed by atoms with van der Waals surface area (Å²) in [7, 11) is 1.54. The van der Waals surface area contributed by atoms with E-state index in [1.165, 1.54) is 7.11 Å². The van der Waals surface area contributed by atoms with Gasteiger partial charge in [0.25, 0.3) is 0 Å². The highest BCUT2D eigenvalue weighted by atomic mass is 16.6. The highest BCUT2D eigenvalue weighted by molar-refractivity contribution is 5.98. The molecule has 0 bridgehead atoms. The number of anilines is 1. The number of ether oxygens (including phenoxy) is 2. The molecule has 0 aromatic carbocycles. The second-order valence-electron chi connectivity index (χ2n) is 7.17. The Morgan fingerprint density at radius 2 is 2.03 bits per heavy atom. The molecule has 5 aromatic heterocycles. The van der Waals surface area contributed by atoms with E-state index in [0.717, 1.165) is 16.6 Å². The summed E-state index contributed by atoms with van der Waals surface area (Å²) in [5.41, 5.74) is 3.51. The average molecular weight is 444 g/mol. The fourth-order valence-electron chi connectivity index (χ4n) is 3.47. The second-order valence-corrected chi connectivity index (χ2v) is 7.17. The van der Waals surface area contributed by atoms with Crippen molar-refractivity contribution >= 4 is 34.0 Å². The first-order chi connectivity index (χ1) is 16.1. The standard InChI is InChI=1S/C22H20N8O3/c1-13-4-3-5-15(26-13)19-27-20-17(24-12-25-20)21(28-19)30-9-7-14-16(30)6-8-23-18(14)29-22(31)33-11-10-32-2/h3-9,12H,10-11H2,1-2H3,(H,23,29,31)(H,24,25,27,28). The number of hydrogen-bond donors (Lipinski definition) is 2. The minimum atomic E-state index is -0.607. The normalized spacial score (nSPS) is 11.2. The van der Waals surface area contributed by atoms with E-state index in [1.807, 2.05) is 48.0 Å². The van der Waals surface area contributed by atoms with Crippen LogP contribution in [0.3, 0.4) is 0 Å². The lowest BCUT2D eigenvalue weighted by atomic mass is 10.3. The lowest BCUT2D eigenvalue weighted by molar-refractivity contribution is 0.107. The highest BCUT2D eigenvalue weighted by Gasteiger charge is 2.17. The summed E-state index contributed by atoms with van der Waals surface area (Å²) < 4.78 is 11.9. The number of nitrogens with zero attached hydrogens (tertiary/aromatic N) is 6. The molecule has 0 aliphatic carbocycles. The molecule has 5 rings (SSSR count). The number of carbonyl (C=O) groups excluding carboxylic acids is 1. The third-order valence-electron chi connectivity index (χ3n) is 4.96. The maximum atomic E-state index is 12.1. The molecule has 0 radical (unpaired) electrons. The number of aromatic nitrogens is 7. The van der Waals surface area contributed by atoms with E-state index >= 15 is 0 Å². The predicted molar refractivity (Wildman–Crippen MR) is 121 cm³/mol. The minimum absolute atomic E-state index is 0.146. The Labute approximate surface area is 187 Å². The van der Waals surface area contributed by atoms with Gasteiger partial charge in [-0.05, 0) is 31.2 Å². The number of pyridine rings is 2. The molecule has 5 aromatic rings. The van der Waals surface area contributed by atoms with Gasteiger partial charge in [-0.15, -0.1) is 0 Å². The van der Waals surface area contributed by atoms with Crippen molar-refractivity contribution in [2.24, 2.45) is 0 Å². The number of carbonyl (C=O) groups is 1. The largest absolute Gasteiger partial charge is 0.447 e. The number of hydrogen-bond acceptors (Lipinski definition) is 8. The zero-order valence-corrected chi connectivity index (χ0v) is 17.9. The first kappa shape index (κ1) is 20.5. The van der Waals surface area contributed by atoms with Gasteiger partial charge in [0.1, 0.15) is 18.1 Å². The van der Waals surface area contributed by atoms with E-state index in [4.69, 9.17) is 14.5 Å². The number of fused-ring (bicyclic) bond motifs is 2. The monoisotopic (exact) mass is 444 g/mol. The SMILES string of the molecule is COCCOC(=O)Nc1nccc2c1ccn2-c1nc(-c2cccc(C)n2)nc2[nH]cnc12. The Morgan fingerprint density at radius 1 is 1.12 bits per heavy atom. The summed E-state index contributed by atoms with van der Waals surface area (Å²) in [5, 5.41) is 3.40. The van der Waals surface area contributed by atoms with Crippen molar-refractivity contribution in [1.29, 1.82) is 0 Å². The summed E-state index contributed by atoms with van der Waals surface area (Å²) in [6, 6.07) is 9.38. The third kappa shape index (κ3) is 3.96. The minimum Gasteiger partial charge on any atom is -0.447 e. The Kier molecular flexibility index (Phi) is 5.37. The van der Waals surface area contributed by atoms with Crippen LogP contribution in [-0.4, -0.2) is 60.9 Å². The Hall–Kier alpha value is -4.38. The van der Waals surface area contributed by atoms with Gasteiger partial charge >= 0.3 is 6.09 Å². The van der Waals surface area contributed by atoms with Crippen molar-refractivity contribution in [3.8, 4) is 17.3 Å². The van der Waals surface area contributed by atoms with E-state index < -0.39 is 6.09 Å². The van der Waals surface area contributed by atoms with Gasteiger partial charge < -0.3 is 14.5 Å². The fraction of sp³-hybridized carbons (Fsp3) is 0.182. The molecule has 33 heavy (non-hydrogen) atoms. The highest BCUT2D eigenvalue weighted by Crippen LogP contribution is 2.28. The number of methoxy groups -OCH3 is 1. The first-order valence-electron chi connectivity index (χ1n) is 10.2. The van der Waals surface area contributed by atoms with E-state index in [9.17, 15) is 4.79 Å². The van der Waals surface area contributed by atoms with Crippen LogP contribution in [-0.2, 0) is 9.47 Å². The molecule has 11 nitrogen and oxygen atoms in total. The van der Waals surface area contributed by atoms with Gasteiger partial charge in [0.2, 0.25) is 0 Å². The topological polar surface area (TPSA) is 133 Å². The van der Waals surface area contributed by atoms with Gasteiger partial charge in [0, 0.05) is 30.6 Å². The van der Waals surface area contributed by atoms with Crippen LogP contribution in [0.2, 0.25) is 0 Å². The van der Waals surface area contributed by atoms with E-state index in [0.29, 0.717) is 40.9 Å². The molecule has 11 heteroatoms. The van der Waals surface area contributed by atoms with Crippen LogP contribution in [0.25, 0.3) is 39.4 Å². The van der Waals surface area contributed by atoms with Crippen LogP contribution < -0.4 is 5.32 Å². The molecule has 0 fully saturated rings. The molecule has 2 N–H and O–H groups in total. The molecule has 5 heterocycles. The molecule has 0 saturated carbocycles. The molecule has 0 saturated heterocycles. The van der Waals surface area contributed by atoms with E-state index in [-0.39, 0.29) is 6.61 Å². The molecule has 166 valence electrons. The predicted octanol–water partition coefficient (Wildman–Crippen LogP) is 3.26. The number of H-pyrrole nitrogens is 1. The van der Waals surface area contributed by atoms with Gasteiger partial charge in [0.15, 0.2) is 22.8 Å². The van der Waals surface area contributed by atoms with Gasteiger partial charge in [0.05, 0.1) is 18.5 Å². The number of imidazole rings is 1. The summed E-state index contributed by atoms with van der Waals surface area (Å²) in [6.45, 7) is 2.38. The van der Waals surface area contributed by atoms with Gasteiger partial charge in [-0.2, -0.15) is 0 Å². The van der Waals surface area contributed by atoms with Crippen molar-refractivity contribution < 1.29 is 14.3 Å². The first-order valence-corrected chi connectivity index (χ1v) is 10.2. The van der Waals surface area contributed by atoms with Crippen molar-refractivity contribution in [2.45, 2.75) is 6.92 Å². The molecule has 0 aliphatic rings. The molecule has 0 aliphatic heterocycles. The Bertz CT molecular complexity index is 1460. The molecule has 0 spiro atoms. The van der Waals surface area contributed by atoms with Crippen molar-refractivity contribution in [2.75, 3.05) is 25.6 Å². The number of aromatic amines is 1. The molecule has 1 amide bonds. The summed E-state index contributed by atoms with van der Waals surface area (Å²) in [6.07, 6.45) is 4.42. The van der Waals surface area contributed by atoms with Crippen LogP contribution >= 0.6 is 0 Å². The van der Waals surface area contributed by atoms with Gasteiger partial charge in [-0.25, -0.2) is 29.7 Å². The maximum absolute atomic E-state index is 12.1. The number of nitrogens with one attached hydrogen (secondary N) is 2. The van der Waals surface area contributed by atoms with Crippen LogP contribution in [0.5, 0.6) is 0 Å². The third-order valence-corrected chi connectivity index (χ3v) is 4.96. The molecule has 0 unspecified atom stereocenters. The lowest BCUT2D eigenvalue weighted by Gasteiger charge is -2.09.